The van der Waals surface area contributed by atoms with Crippen LogP contribution in [0.25, 0.3) is 0 Å². The molecule has 3 amide bonds. The zero-order chi connectivity index (χ0) is 15.5. The Balaban J connectivity index is 4.27. The zero-order valence-corrected chi connectivity index (χ0v) is 12.2. The smallest absolute Gasteiger partial charge is 0.248 e. The van der Waals surface area contributed by atoms with Crippen LogP contribution in [0, 0.1) is 0 Å². The molecule has 0 saturated heterocycles. The maximum Gasteiger partial charge on any atom is 0.248 e. The highest BCUT2D eigenvalue weighted by molar-refractivity contribution is 5.93. The number of carbonyl (C=O) groups is 3. The fourth-order valence-electron chi connectivity index (χ4n) is 1.47. The Kier molecular flexibility index (Phi) is 8.74. The quantitative estimate of drug-likeness (QED) is 0.341. The van der Waals surface area contributed by atoms with Gasteiger partial charge in [-0.1, -0.05) is 13.2 Å². The van der Waals surface area contributed by atoms with E-state index in [0.29, 0.717) is 50.2 Å². The molecule has 0 spiro atoms. The van der Waals surface area contributed by atoms with Crippen LogP contribution in [-0.4, -0.2) is 49.3 Å². The van der Waals surface area contributed by atoms with Crippen molar-refractivity contribution in [2.75, 3.05) is 26.2 Å². The monoisotopic (exact) mass is 281 g/mol. The maximum atomic E-state index is 11.9. The molecule has 2 N–H and O–H groups in total. The van der Waals surface area contributed by atoms with E-state index in [2.05, 4.69) is 23.8 Å². The zero-order valence-electron chi connectivity index (χ0n) is 12.2. The van der Waals surface area contributed by atoms with Gasteiger partial charge in [0.05, 0.1) is 0 Å². The lowest BCUT2D eigenvalue weighted by Gasteiger charge is -2.23. The summed E-state index contributed by atoms with van der Waals surface area (Å²) >= 11 is 0. The third kappa shape index (κ3) is 7.35. The van der Waals surface area contributed by atoms with Gasteiger partial charge >= 0.3 is 0 Å². The van der Waals surface area contributed by atoms with Crippen LogP contribution in [0.2, 0.25) is 0 Å². The normalized spacial score (nSPS) is 9.50. The Morgan fingerprint density at radius 2 is 1.75 bits per heavy atom. The van der Waals surface area contributed by atoms with Crippen molar-refractivity contribution in [3.63, 3.8) is 0 Å². The van der Waals surface area contributed by atoms with Crippen molar-refractivity contribution in [1.82, 2.24) is 15.5 Å². The van der Waals surface area contributed by atoms with Crippen LogP contribution in [0.3, 0.4) is 0 Å². The molecule has 0 aromatic carbocycles. The number of hydrogen-bond acceptors (Lipinski definition) is 3. The molecule has 6 nitrogen and oxygen atoms in total. The van der Waals surface area contributed by atoms with Crippen LogP contribution in [0.4, 0.5) is 0 Å². The van der Waals surface area contributed by atoms with Crippen molar-refractivity contribution >= 4 is 18.2 Å². The van der Waals surface area contributed by atoms with E-state index in [1.165, 1.54) is 0 Å². The van der Waals surface area contributed by atoms with E-state index in [1.807, 2.05) is 0 Å². The van der Waals surface area contributed by atoms with Gasteiger partial charge < -0.3 is 15.5 Å². The van der Waals surface area contributed by atoms with Gasteiger partial charge in [0.2, 0.25) is 18.2 Å². The summed E-state index contributed by atoms with van der Waals surface area (Å²) in [5, 5.41) is 5.21. The fourth-order valence-corrected chi connectivity index (χ4v) is 1.47. The first-order valence-electron chi connectivity index (χ1n) is 6.45. The standard InChI is InChI=1S/C14H23N3O3/c1-11(2)13(19)16-7-9-17(14(20)12(3)4)8-5-6-15-10-18/h10H,1,3,5-9H2,2,4H3,(H,15,18)(H,16,19). The molecule has 20 heavy (non-hydrogen) atoms. The minimum Gasteiger partial charge on any atom is -0.359 e. The van der Waals surface area contributed by atoms with Crippen LogP contribution < -0.4 is 10.6 Å². The molecule has 6 heteroatoms. The summed E-state index contributed by atoms with van der Waals surface area (Å²) in [6.45, 7) is 12.2. The average molecular weight is 281 g/mol. The number of rotatable bonds is 10. The van der Waals surface area contributed by atoms with E-state index in [0.717, 1.165) is 0 Å². The summed E-state index contributed by atoms with van der Waals surface area (Å²) in [6, 6.07) is 0. The van der Waals surface area contributed by atoms with Crippen LogP contribution in [-0.2, 0) is 14.4 Å². The highest BCUT2D eigenvalue weighted by Gasteiger charge is 2.13. The number of nitrogens with zero attached hydrogens (tertiary/aromatic N) is 1. The van der Waals surface area contributed by atoms with Crippen LogP contribution in [0.1, 0.15) is 20.3 Å². The second kappa shape index (κ2) is 9.77. The summed E-state index contributed by atoms with van der Waals surface area (Å²) in [4.78, 5) is 35.0. The van der Waals surface area contributed by atoms with Gasteiger partial charge in [0.1, 0.15) is 0 Å². The molecule has 112 valence electrons. The molecule has 0 saturated carbocycles. The van der Waals surface area contributed by atoms with Gasteiger partial charge in [-0.15, -0.1) is 0 Å². The fraction of sp³-hybridized carbons (Fsp3) is 0.500. The Morgan fingerprint density at radius 1 is 1.10 bits per heavy atom. The molecule has 0 aliphatic rings. The lowest BCUT2D eigenvalue weighted by molar-refractivity contribution is -0.127. The summed E-state index contributed by atoms with van der Waals surface area (Å²) < 4.78 is 0. The first kappa shape index (κ1) is 17.9. The van der Waals surface area contributed by atoms with E-state index in [9.17, 15) is 14.4 Å². The Labute approximate surface area is 119 Å². The van der Waals surface area contributed by atoms with Crippen molar-refractivity contribution < 1.29 is 14.4 Å². The summed E-state index contributed by atoms with van der Waals surface area (Å²) in [5.41, 5.74) is 0.873. The van der Waals surface area contributed by atoms with Crippen molar-refractivity contribution in [3.8, 4) is 0 Å². The molecule has 0 heterocycles. The predicted octanol–water partition coefficient (Wildman–Crippen LogP) is 0.220. The molecule has 0 aromatic rings. The first-order valence-corrected chi connectivity index (χ1v) is 6.45. The maximum absolute atomic E-state index is 11.9. The lowest BCUT2D eigenvalue weighted by Crippen LogP contribution is -2.40. The molecule has 0 bridgehead atoms. The van der Waals surface area contributed by atoms with Crippen LogP contribution in [0.5, 0.6) is 0 Å². The van der Waals surface area contributed by atoms with Gasteiger partial charge in [-0.3, -0.25) is 14.4 Å². The average Bonchev–Trinajstić information content (AvgIpc) is 2.40. The highest BCUT2D eigenvalue weighted by atomic mass is 16.2. The van der Waals surface area contributed by atoms with Gasteiger partial charge in [0.25, 0.3) is 0 Å². The molecule has 0 fully saturated rings. The molecule has 0 aliphatic carbocycles. The molecule has 0 radical (unpaired) electrons. The first-order chi connectivity index (χ1) is 9.40. The summed E-state index contributed by atoms with van der Waals surface area (Å²) in [5.74, 6) is -0.379. The SMILES string of the molecule is C=C(C)C(=O)NCCN(CCCNC=O)C(=O)C(=C)C. The molecule has 0 aliphatic heterocycles. The number of amides is 3. The van der Waals surface area contributed by atoms with Crippen LogP contribution in [0.15, 0.2) is 24.3 Å². The third-order valence-electron chi connectivity index (χ3n) is 2.54. The molecule has 0 rings (SSSR count). The van der Waals surface area contributed by atoms with Crippen molar-refractivity contribution in [2.45, 2.75) is 20.3 Å². The highest BCUT2D eigenvalue weighted by Crippen LogP contribution is 2.00. The van der Waals surface area contributed by atoms with Gasteiger partial charge in [-0.2, -0.15) is 0 Å². The van der Waals surface area contributed by atoms with Crippen molar-refractivity contribution in [1.29, 1.82) is 0 Å². The Hall–Kier alpha value is -2.11. The van der Waals surface area contributed by atoms with E-state index >= 15 is 0 Å². The van der Waals surface area contributed by atoms with Crippen LogP contribution >= 0.6 is 0 Å². The molecular formula is C14H23N3O3. The molecule has 0 aromatic heterocycles. The number of hydrogen-bond donors (Lipinski definition) is 2. The minimum absolute atomic E-state index is 0.152. The van der Waals surface area contributed by atoms with E-state index in [4.69, 9.17) is 0 Å². The Bertz CT molecular complexity index is 391. The summed E-state index contributed by atoms with van der Waals surface area (Å²) in [6.07, 6.45) is 1.27. The summed E-state index contributed by atoms with van der Waals surface area (Å²) in [7, 11) is 0. The number of carbonyl (C=O) groups excluding carboxylic acids is 3. The second-order valence-corrected chi connectivity index (χ2v) is 4.53. The minimum atomic E-state index is -0.227. The van der Waals surface area contributed by atoms with E-state index < -0.39 is 0 Å². The van der Waals surface area contributed by atoms with E-state index in [1.54, 1.807) is 18.7 Å². The Morgan fingerprint density at radius 3 is 2.25 bits per heavy atom. The topological polar surface area (TPSA) is 78.5 Å². The predicted molar refractivity (Wildman–Crippen MR) is 77.9 cm³/mol. The van der Waals surface area contributed by atoms with Crippen molar-refractivity contribution in [3.05, 3.63) is 24.3 Å². The van der Waals surface area contributed by atoms with Crippen molar-refractivity contribution in [2.24, 2.45) is 0 Å². The molecule has 0 unspecified atom stereocenters. The lowest BCUT2D eigenvalue weighted by atomic mass is 10.2. The van der Waals surface area contributed by atoms with Gasteiger partial charge in [0, 0.05) is 37.3 Å². The number of nitrogens with one attached hydrogen (secondary N) is 2. The van der Waals surface area contributed by atoms with E-state index in [-0.39, 0.29) is 11.8 Å². The molecular weight excluding hydrogens is 258 g/mol. The largest absolute Gasteiger partial charge is 0.359 e. The second-order valence-electron chi connectivity index (χ2n) is 4.53. The molecule has 0 atom stereocenters. The van der Waals surface area contributed by atoms with Gasteiger partial charge in [-0.25, -0.2) is 0 Å². The van der Waals surface area contributed by atoms with Gasteiger partial charge in [0.15, 0.2) is 0 Å². The van der Waals surface area contributed by atoms with Gasteiger partial charge in [-0.05, 0) is 20.3 Å². The third-order valence-corrected chi connectivity index (χ3v) is 2.54.